The first-order chi connectivity index (χ1) is 13.5. The monoisotopic (exact) mass is 380 g/mol. The molecule has 0 radical (unpaired) electrons. The van der Waals surface area contributed by atoms with Crippen molar-refractivity contribution < 1.29 is 9.21 Å². The van der Waals surface area contributed by atoms with Crippen LogP contribution in [0.5, 0.6) is 0 Å². The maximum atomic E-state index is 13.1. The van der Waals surface area contributed by atoms with E-state index in [1.165, 1.54) is 16.5 Å². The molecular weight excluding hydrogens is 356 g/mol. The van der Waals surface area contributed by atoms with Crippen molar-refractivity contribution in [3.63, 3.8) is 0 Å². The molecule has 3 heterocycles. The summed E-state index contributed by atoms with van der Waals surface area (Å²) in [5.74, 6) is 0.298. The van der Waals surface area contributed by atoms with Gasteiger partial charge in [0.2, 0.25) is 5.71 Å². The Morgan fingerprint density at radius 2 is 1.86 bits per heavy atom. The molecular formula is C21H24N4O3. The number of amides is 1. The van der Waals surface area contributed by atoms with Crippen LogP contribution in [0.25, 0.3) is 11.1 Å². The Balaban J connectivity index is 1.45. The zero-order chi connectivity index (χ0) is 19.7. The van der Waals surface area contributed by atoms with E-state index in [2.05, 4.69) is 34.1 Å². The van der Waals surface area contributed by atoms with Gasteiger partial charge in [-0.05, 0) is 18.9 Å². The third-order valence-corrected chi connectivity index (χ3v) is 5.38. The lowest BCUT2D eigenvalue weighted by molar-refractivity contribution is 0.0638. The van der Waals surface area contributed by atoms with Crippen molar-refractivity contribution in [2.24, 2.45) is 7.05 Å². The molecule has 1 amide bonds. The van der Waals surface area contributed by atoms with Crippen LogP contribution in [0.15, 0.2) is 45.9 Å². The highest BCUT2D eigenvalue weighted by Crippen LogP contribution is 2.23. The molecule has 1 fully saturated rings. The number of carbonyl (C=O) groups is 1. The Kier molecular flexibility index (Phi) is 5.00. The van der Waals surface area contributed by atoms with Crippen molar-refractivity contribution in [3.8, 4) is 0 Å². The van der Waals surface area contributed by atoms with Crippen LogP contribution in [0.3, 0.4) is 0 Å². The van der Waals surface area contributed by atoms with E-state index in [1.807, 2.05) is 11.0 Å². The van der Waals surface area contributed by atoms with Gasteiger partial charge in [-0.25, -0.2) is 4.98 Å². The van der Waals surface area contributed by atoms with Crippen molar-refractivity contribution in [2.75, 3.05) is 32.7 Å². The minimum atomic E-state index is -0.258. The smallest absolute Gasteiger partial charge is 0.265 e. The number of furan rings is 1. The molecule has 0 bridgehead atoms. The molecule has 1 aliphatic heterocycles. The van der Waals surface area contributed by atoms with Gasteiger partial charge in [0.25, 0.3) is 11.5 Å². The summed E-state index contributed by atoms with van der Waals surface area (Å²) in [7, 11) is 1.62. The van der Waals surface area contributed by atoms with E-state index < -0.39 is 0 Å². The average Bonchev–Trinajstić information content (AvgIpc) is 3.06. The van der Waals surface area contributed by atoms with Gasteiger partial charge in [-0.15, -0.1) is 0 Å². The fraction of sp³-hybridized carbons (Fsp3) is 0.381. The molecule has 1 saturated heterocycles. The van der Waals surface area contributed by atoms with E-state index in [9.17, 15) is 9.59 Å². The van der Waals surface area contributed by atoms with E-state index in [0.717, 1.165) is 26.1 Å². The quantitative estimate of drug-likeness (QED) is 0.691. The Labute approximate surface area is 163 Å². The molecule has 4 rings (SSSR count). The number of rotatable bonds is 4. The first-order valence-corrected chi connectivity index (χ1v) is 9.55. The lowest BCUT2D eigenvalue weighted by Crippen LogP contribution is -2.49. The van der Waals surface area contributed by atoms with Gasteiger partial charge >= 0.3 is 0 Å². The van der Waals surface area contributed by atoms with Crippen molar-refractivity contribution in [1.82, 2.24) is 19.4 Å². The topological polar surface area (TPSA) is 71.6 Å². The maximum absolute atomic E-state index is 13.1. The summed E-state index contributed by atoms with van der Waals surface area (Å²) < 4.78 is 6.94. The first-order valence-electron chi connectivity index (χ1n) is 9.55. The molecule has 0 spiro atoms. The van der Waals surface area contributed by atoms with Crippen LogP contribution >= 0.6 is 0 Å². The van der Waals surface area contributed by atoms with Gasteiger partial charge in [-0.3, -0.25) is 14.5 Å². The van der Waals surface area contributed by atoms with Gasteiger partial charge in [0.05, 0.1) is 5.56 Å². The summed E-state index contributed by atoms with van der Waals surface area (Å²) >= 11 is 0. The van der Waals surface area contributed by atoms with Gasteiger partial charge in [0, 0.05) is 39.8 Å². The second kappa shape index (κ2) is 7.59. The predicted octanol–water partition coefficient (Wildman–Crippen LogP) is 1.84. The number of aryl methyl sites for hydroxylation is 2. The van der Waals surface area contributed by atoms with E-state index in [1.54, 1.807) is 14.0 Å². The standard InChI is InChI=1S/C21H24N4O3/c1-15-17(18-19(28-15)22-14-23(2)20(18)26)21(27)25-12-10-24(11-13-25)9-8-16-6-4-3-5-7-16/h3-7,14H,8-13H2,1-2H3. The van der Waals surface area contributed by atoms with Crippen molar-refractivity contribution in [3.05, 3.63) is 63.9 Å². The normalized spacial score (nSPS) is 15.3. The molecule has 0 saturated carbocycles. The molecule has 1 aliphatic rings. The number of nitrogens with zero attached hydrogens (tertiary/aromatic N) is 4. The molecule has 7 heteroatoms. The largest absolute Gasteiger partial charge is 0.442 e. The van der Waals surface area contributed by atoms with E-state index in [-0.39, 0.29) is 22.6 Å². The van der Waals surface area contributed by atoms with Gasteiger partial charge in [-0.2, -0.15) is 0 Å². The summed E-state index contributed by atoms with van der Waals surface area (Å²) in [5, 5.41) is 0.277. The number of hydrogen-bond donors (Lipinski definition) is 0. The van der Waals surface area contributed by atoms with Gasteiger partial charge in [0.1, 0.15) is 17.5 Å². The summed E-state index contributed by atoms with van der Waals surface area (Å²) in [5.41, 5.74) is 1.64. The molecule has 0 unspecified atom stereocenters. The molecule has 28 heavy (non-hydrogen) atoms. The van der Waals surface area contributed by atoms with Crippen molar-refractivity contribution >= 4 is 17.0 Å². The highest BCUT2D eigenvalue weighted by molar-refractivity contribution is 6.06. The Morgan fingerprint density at radius 3 is 2.57 bits per heavy atom. The fourth-order valence-corrected chi connectivity index (χ4v) is 3.71. The number of carbonyl (C=O) groups excluding carboxylic acids is 1. The Bertz CT molecular complexity index is 1050. The summed E-state index contributed by atoms with van der Waals surface area (Å²) in [6.45, 7) is 5.61. The lowest BCUT2D eigenvalue weighted by Gasteiger charge is -2.34. The van der Waals surface area contributed by atoms with Crippen LogP contribution in [-0.4, -0.2) is 58.0 Å². The number of hydrogen-bond acceptors (Lipinski definition) is 5. The summed E-state index contributed by atoms with van der Waals surface area (Å²) in [6.07, 6.45) is 2.41. The predicted molar refractivity (Wildman–Crippen MR) is 106 cm³/mol. The Morgan fingerprint density at radius 1 is 1.14 bits per heavy atom. The third-order valence-electron chi connectivity index (χ3n) is 5.38. The zero-order valence-corrected chi connectivity index (χ0v) is 16.2. The summed E-state index contributed by atoms with van der Waals surface area (Å²) in [4.78, 5) is 33.9. The Hall–Kier alpha value is -2.93. The van der Waals surface area contributed by atoms with Crippen LogP contribution in [-0.2, 0) is 13.5 Å². The van der Waals surface area contributed by atoms with E-state index in [4.69, 9.17) is 4.42 Å². The van der Waals surface area contributed by atoms with E-state index in [0.29, 0.717) is 24.4 Å². The molecule has 146 valence electrons. The van der Waals surface area contributed by atoms with Crippen LogP contribution in [0.1, 0.15) is 21.7 Å². The molecule has 2 aromatic heterocycles. The minimum Gasteiger partial charge on any atom is -0.442 e. The van der Waals surface area contributed by atoms with Crippen molar-refractivity contribution in [1.29, 1.82) is 0 Å². The average molecular weight is 380 g/mol. The molecule has 0 atom stereocenters. The number of benzene rings is 1. The SMILES string of the molecule is Cc1oc2ncn(C)c(=O)c2c1C(=O)N1CCN(CCc2ccccc2)CC1. The van der Waals surface area contributed by atoms with Crippen LogP contribution in [0, 0.1) is 6.92 Å². The van der Waals surface area contributed by atoms with E-state index >= 15 is 0 Å². The van der Waals surface area contributed by atoms with Gasteiger partial charge in [0.15, 0.2) is 0 Å². The lowest BCUT2D eigenvalue weighted by atomic mass is 10.1. The molecule has 3 aromatic rings. The maximum Gasteiger partial charge on any atom is 0.265 e. The van der Waals surface area contributed by atoms with Crippen molar-refractivity contribution in [2.45, 2.75) is 13.3 Å². The molecule has 7 nitrogen and oxygen atoms in total. The molecule has 1 aromatic carbocycles. The molecule has 0 aliphatic carbocycles. The number of aromatic nitrogens is 2. The zero-order valence-electron chi connectivity index (χ0n) is 16.2. The van der Waals surface area contributed by atoms with Crippen LogP contribution < -0.4 is 5.56 Å². The van der Waals surface area contributed by atoms with Crippen LogP contribution in [0.2, 0.25) is 0 Å². The second-order valence-electron chi connectivity index (χ2n) is 7.24. The third kappa shape index (κ3) is 3.45. The number of piperazine rings is 1. The molecule has 0 N–H and O–H groups in total. The fourth-order valence-electron chi connectivity index (χ4n) is 3.71. The van der Waals surface area contributed by atoms with Gasteiger partial charge < -0.3 is 13.9 Å². The number of fused-ring (bicyclic) bond motifs is 1. The van der Waals surface area contributed by atoms with Gasteiger partial charge in [-0.1, -0.05) is 30.3 Å². The highest BCUT2D eigenvalue weighted by atomic mass is 16.3. The minimum absolute atomic E-state index is 0.149. The highest BCUT2D eigenvalue weighted by Gasteiger charge is 2.28. The second-order valence-corrected chi connectivity index (χ2v) is 7.24. The summed E-state index contributed by atoms with van der Waals surface area (Å²) in [6, 6.07) is 10.4. The first kappa shape index (κ1) is 18.4. The van der Waals surface area contributed by atoms with Crippen LogP contribution in [0.4, 0.5) is 0 Å².